The second-order valence-electron chi connectivity index (χ2n) is 7.37. The normalized spacial score (nSPS) is 14.1. The number of hydrogen-bond acceptors (Lipinski definition) is 5. The highest BCUT2D eigenvalue weighted by atomic mass is 16.5. The van der Waals surface area contributed by atoms with Crippen LogP contribution in [-0.2, 0) is 17.8 Å². The van der Waals surface area contributed by atoms with Gasteiger partial charge >= 0.3 is 0 Å². The third kappa shape index (κ3) is 4.33. The van der Waals surface area contributed by atoms with Gasteiger partial charge < -0.3 is 14.6 Å². The van der Waals surface area contributed by atoms with E-state index in [1.54, 1.807) is 31.2 Å². The Morgan fingerprint density at radius 3 is 2.80 bits per heavy atom. The lowest BCUT2D eigenvalue weighted by Crippen LogP contribution is -2.30. The van der Waals surface area contributed by atoms with Crippen molar-refractivity contribution in [2.24, 2.45) is 0 Å². The summed E-state index contributed by atoms with van der Waals surface area (Å²) in [6.45, 7) is 2.61. The van der Waals surface area contributed by atoms with E-state index in [-0.39, 0.29) is 5.91 Å². The van der Waals surface area contributed by atoms with Gasteiger partial charge in [0.2, 0.25) is 0 Å². The molecule has 1 aliphatic heterocycles. The maximum absolute atomic E-state index is 12.6. The Kier molecular flexibility index (Phi) is 5.75. The summed E-state index contributed by atoms with van der Waals surface area (Å²) < 4.78 is 7.88. The van der Waals surface area contributed by atoms with E-state index in [0.29, 0.717) is 17.0 Å². The number of nitriles is 1. The number of rotatable bonds is 5. The van der Waals surface area contributed by atoms with Gasteiger partial charge in [-0.25, -0.2) is 0 Å². The fraction of sp³-hybridized carbons (Fsp3) is 0.304. The van der Waals surface area contributed by atoms with Crippen molar-refractivity contribution in [3.05, 3.63) is 59.9 Å². The van der Waals surface area contributed by atoms with E-state index in [0.717, 1.165) is 43.0 Å². The average Bonchev–Trinajstić information content (AvgIpc) is 3.02. The zero-order valence-electron chi connectivity index (χ0n) is 16.8. The SMILES string of the molecule is CC(Oc1ccc(C#N)cc1)C(=O)Nc1cccc(-c2nnc3n2CCCCC3)c1. The zero-order chi connectivity index (χ0) is 20.9. The van der Waals surface area contributed by atoms with Crippen molar-refractivity contribution in [1.29, 1.82) is 5.26 Å². The number of nitrogens with one attached hydrogen (secondary N) is 1. The van der Waals surface area contributed by atoms with Crippen molar-refractivity contribution in [2.45, 2.75) is 45.3 Å². The first-order valence-corrected chi connectivity index (χ1v) is 10.1. The van der Waals surface area contributed by atoms with Crippen molar-refractivity contribution in [2.75, 3.05) is 5.32 Å². The number of ether oxygens (including phenoxy) is 1. The topological polar surface area (TPSA) is 92.8 Å². The van der Waals surface area contributed by atoms with Crippen molar-refractivity contribution in [3.8, 4) is 23.2 Å². The van der Waals surface area contributed by atoms with Crippen LogP contribution in [0.15, 0.2) is 48.5 Å². The molecule has 7 nitrogen and oxygen atoms in total. The lowest BCUT2D eigenvalue weighted by atomic mass is 10.1. The van der Waals surface area contributed by atoms with Gasteiger partial charge in [-0.1, -0.05) is 18.6 Å². The first-order valence-electron chi connectivity index (χ1n) is 10.1. The standard InChI is InChI=1S/C23H23N5O2/c1-16(30-20-11-9-17(15-24)10-12-20)23(29)25-19-7-5-6-18(14-19)22-27-26-21-8-3-2-4-13-28(21)22/h5-7,9-12,14,16H,2-4,8,13H2,1H3,(H,25,29). The Bertz CT molecular complexity index is 1080. The lowest BCUT2D eigenvalue weighted by molar-refractivity contribution is -0.122. The molecule has 3 aromatic rings. The van der Waals surface area contributed by atoms with Crippen LogP contribution in [0.5, 0.6) is 5.75 Å². The van der Waals surface area contributed by atoms with Crippen molar-refractivity contribution >= 4 is 11.6 Å². The van der Waals surface area contributed by atoms with Crippen LogP contribution in [0.3, 0.4) is 0 Å². The quantitative estimate of drug-likeness (QED) is 0.699. The van der Waals surface area contributed by atoms with E-state index in [2.05, 4.69) is 26.2 Å². The summed E-state index contributed by atoms with van der Waals surface area (Å²) in [5, 5.41) is 20.5. The summed E-state index contributed by atoms with van der Waals surface area (Å²) in [5.74, 6) is 2.15. The molecule has 0 radical (unpaired) electrons. The van der Waals surface area contributed by atoms with Crippen molar-refractivity contribution in [3.63, 3.8) is 0 Å². The van der Waals surface area contributed by atoms with Crippen LogP contribution in [0.25, 0.3) is 11.4 Å². The largest absolute Gasteiger partial charge is 0.481 e. The molecule has 0 bridgehead atoms. The molecule has 4 rings (SSSR count). The molecule has 1 aromatic heterocycles. The third-order valence-corrected chi connectivity index (χ3v) is 5.16. The molecule has 1 N–H and O–H groups in total. The second-order valence-corrected chi connectivity index (χ2v) is 7.37. The molecule has 0 aliphatic carbocycles. The molecule has 1 amide bonds. The molecular formula is C23H23N5O2. The number of aryl methyl sites for hydroxylation is 1. The van der Waals surface area contributed by atoms with E-state index >= 15 is 0 Å². The van der Waals surface area contributed by atoms with Gasteiger partial charge in [-0.15, -0.1) is 10.2 Å². The highest BCUT2D eigenvalue weighted by molar-refractivity contribution is 5.94. The summed E-state index contributed by atoms with van der Waals surface area (Å²) in [7, 11) is 0. The molecule has 1 atom stereocenters. The molecule has 30 heavy (non-hydrogen) atoms. The monoisotopic (exact) mass is 401 g/mol. The second kappa shape index (κ2) is 8.78. The van der Waals surface area contributed by atoms with Crippen LogP contribution in [0.2, 0.25) is 0 Å². The van der Waals surface area contributed by atoms with E-state index in [1.807, 2.05) is 24.3 Å². The maximum Gasteiger partial charge on any atom is 0.265 e. The molecule has 0 spiro atoms. The minimum Gasteiger partial charge on any atom is -0.481 e. The number of aromatic nitrogens is 3. The Balaban J connectivity index is 1.46. The molecule has 152 valence electrons. The first-order chi connectivity index (χ1) is 14.6. The van der Waals surface area contributed by atoms with Crippen LogP contribution in [0.4, 0.5) is 5.69 Å². The van der Waals surface area contributed by atoms with E-state index < -0.39 is 6.10 Å². The Morgan fingerprint density at radius 2 is 2.00 bits per heavy atom. The summed E-state index contributed by atoms with van der Waals surface area (Å²) >= 11 is 0. The fourth-order valence-corrected chi connectivity index (χ4v) is 3.54. The fourth-order valence-electron chi connectivity index (χ4n) is 3.54. The van der Waals surface area contributed by atoms with Crippen molar-refractivity contribution < 1.29 is 9.53 Å². The maximum atomic E-state index is 12.6. The Labute approximate surface area is 175 Å². The number of fused-ring (bicyclic) bond motifs is 1. The minimum absolute atomic E-state index is 0.253. The molecule has 0 fully saturated rings. The minimum atomic E-state index is -0.689. The van der Waals surface area contributed by atoms with Crippen LogP contribution < -0.4 is 10.1 Å². The highest BCUT2D eigenvalue weighted by Crippen LogP contribution is 2.25. The van der Waals surface area contributed by atoms with Gasteiger partial charge in [-0.2, -0.15) is 5.26 Å². The van der Waals surface area contributed by atoms with Crippen LogP contribution in [0.1, 0.15) is 37.6 Å². The summed E-state index contributed by atoms with van der Waals surface area (Å²) in [6, 6.07) is 16.4. The number of amides is 1. The highest BCUT2D eigenvalue weighted by Gasteiger charge is 2.18. The van der Waals surface area contributed by atoms with Gasteiger partial charge in [-0.05, 0) is 56.2 Å². The van der Waals surface area contributed by atoms with Crippen LogP contribution in [0, 0.1) is 11.3 Å². The Morgan fingerprint density at radius 1 is 1.17 bits per heavy atom. The van der Waals surface area contributed by atoms with Gasteiger partial charge in [0.05, 0.1) is 11.6 Å². The molecule has 0 saturated carbocycles. The van der Waals surface area contributed by atoms with Gasteiger partial charge in [0.15, 0.2) is 11.9 Å². The molecule has 2 heterocycles. The molecular weight excluding hydrogens is 378 g/mol. The van der Waals surface area contributed by atoms with E-state index in [1.165, 1.54) is 6.42 Å². The predicted octanol–water partition coefficient (Wildman–Crippen LogP) is 3.95. The third-order valence-electron chi connectivity index (χ3n) is 5.16. The van der Waals surface area contributed by atoms with Crippen LogP contribution in [-0.4, -0.2) is 26.8 Å². The molecule has 0 saturated heterocycles. The molecule has 1 unspecified atom stereocenters. The summed E-state index contributed by atoms with van der Waals surface area (Å²) in [4.78, 5) is 12.6. The number of benzene rings is 2. The van der Waals surface area contributed by atoms with E-state index in [4.69, 9.17) is 10.00 Å². The molecule has 2 aromatic carbocycles. The summed E-state index contributed by atoms with van der Waals surface area (Å²) in [6.07, 6.45) is 3.74. The Hall–Kier alpha value is -3.66. The van der Waals surface area contributed by atoms with Crippen molar-refractivity contribution in [1.82, 2.24) is 14.8 Å². The lowest BCUT2D eigenvalue weighted by Gasteiger charge is -2.15. The van der Waals surface area contributed by atoms with Gasteiger partial charge in [0.25, 0.3) is 5.91 Å². The van der Waals surface area contributed by atoms with E-state index in [9.17, 15) is 4.79 Å². The molecule has 7 heteroatoms. The zero-order valence-corrected chi connectivity index (χ0v) is 16.8. The predicted molar refractivity (Wildman–Crippen MR) is 113 cm³/mol. The van der Waals surface area contributed by atoms with Gasteiger partial charge in [0.1, 0.15) is 11.6 Å². The summed E-state index contributed by atoms with van der Waals surface area (Å²) in [5.41, 5.74) is 2.15. The smallest absolute Gasteiger partial charge is 0.265 e. The van der Waals surface area contributed by atoms with Gasteiger partial charge in [0, 0.05) is 24.2 Å². The van der Waals surface area contributed by atoms with Gasteiger partial charge in [-0.3, -0.25) is 4.79 Å². The number of carbonyl (C=O) groups excluding carboxylic acids is 1. The first kappa shape index (κ1) is 19.6. The van der Waals surface area contributed by atoms with Crippen LogP contribution >= 0.6 is 0 Å². The average molecular weight is 401 g/mol. The molecule has 1 aliphatic rings. The number of carbonyl (C=O) groups is 1. The number of anilines is 1. The number of hydrogen-bond donors (Lipinski definition) is 1. The number of nitrogens with zero attached hydrogens (tertiary/aromatic N) is 4.